The van der Waals surface area contributed by atoms with Gasteiger partial charge in [-0.25, -0.2) is 0 Å². The van der Waals surface area contributed by atoms with E-state index in [0.717, 1.165) is 44.1 Å². The molecular formula is C16H24N2O2. The molecular weight excluding hydrogens is 252 g/mol. The SMILES string of the molecule is C=CC[C@H](c1cccc(OC)c1OC)N1CCNCC1. The standard InChI is InChI=1S/C16H24N2O2/c1-4-6-14(18-11-9-17-10-12-18)13-7-5-8-15(19-2)16(13)20-3/h4-5,7-8,14,17H,1,6,9-12H2,2-3H3/t14-/m1/s1. The van der Waals surface area contributed by atoms with Crippen molar-refractivity contribution in [2.24, 2.45) is 0 Å². The smallest absolute Gasteiger partial charge is 0.165 e. The molecule has 1 N–H and O–H groups in total. The molecule has 1 fully saturated rings. The van der Waals surface area contributed by atoms with Crippen molar-refractivity contribution in [1.29, 1.82) is 0 Å². The summed E-state index contributed by atoms with van der Waals surface area (Å²) >= 11 is 0. The molecule has 0 saturated carbocycles. The van der Waals surface area contributed by atoms with Crippen molar-refractivity contribution in [2.45, 2.75) is 12.5 Å². The molecule has 0 unspecified atom stereocenters. The minimum absolute atomic E-state index is 0.291. The summed E-state index contributed by atoms with van der Waals surface area (Å²) in [7, 11) is 3.37. The maximum absolute atomic E-state index is 5.58. The Balaban J connectivity index is 2.34. The van der Waals surface area contributed by atoms with E-state index in [4.69, 9.17) is 9.47 Å². The number of rotatable bonds is 6. The second kappa shape index (κ2) is 7.31. The first-order valence-corrected chi connectivity index (χ1v) is 7.08. The van der Waals surface area contributed by atoms with Crippen molar-refractivity contribution in [3.05, 3.63) is 36.4 Å². The number of nitrogens with zero attached hydrogens (tertiary/aromatic N) is 1. The summed E-state index contributed by atoms with van der Waals surface area (Å²) in [5, 5.41) is 3.39. The van der Waals surface area contributed by atoms with Crippen LogP contribution in [0.1, 0.15) is 18.0 Å². The van der Waals surface area contributed by atoms with Crippen LogP contribution in [0, 0.1) is 0 Å². The van der Waals surface area contributed by atoms with Crippen molar-refractivity contribution in [1.82, 2.24) is 10.2 Å². The first-order valence-electron chi connectivity index (χ1n) is 7.08. The predicted molar refractivity (Wildman–Crippen MR) is 81.5 cm³/mol. The zero-order valence-electron chi connectivity index (χ0n) is 12.4. The van der Waals surface area contributed by atoms with Crippen LogP contribution in [-0.4, -0.2) is 45.3 Å². The molecule has 1 aliphatic heterocycles. The Morgan fingerprint density at radius 3 is 2.65 bits per heavy atom. The highest BCUT2D eigenvalue weighted by molar-refractivity contribution is 5.48. The summed E-state index contributed by atoms with van der Waals surface area (Å²) in [5.41, 5.74) is 1.17. The third-order valence-electron chi connectivity index (χ3n) is 3.77. The molecule has 1 heterocycles. The van der Waals surface area contributed by atoms with Crippen LogP contribution < -0.4 is 14.8 Å². The van der Waals surface area contributed by atoms with Gasteiger partial charge < -0.3 is 14.8 Å². The molecule has 0 radical (unpaired) electrons. The van der Waals surface area contributed by atoms with Gasteiger partial charge in [-0.15, -0.1) is 6.58 Å². The van der Waals surface area contributed by atoms with Crippen LogP contribution >= 0.6 is 0 Å². The Morgan fingerprint density at radius 1 is 1.30 bits per heavy atom. The average Bonchev–Trinajstić information content (AvgIpc) is 2.52. The minimum Gasteiger partial charge on any atom is -0.493 e. The lowest BCUT2D eigenvalue weighted by Gasteiger charge is -2.35. The van der Waals surface area contributed by atoms with Gasteiger partial charge in [-0.2, -0.15) is 0 Å². The lowest BCUT2D eigenvalue weighted by Crippen LogP contribution is -2.45. The van der Waals surface area contributed by atoms with Crippen LogP contribution in [0.2, 0.25) is 0 Å². The molecule has 1 aliphatic rings. The molecule has 2 rings (SSSR count). The van der Waals surface area contributed by atoms with E-state index in [1.807, 2.05) is 18.2 Å². The van der Waals surface area contributed by atoms with Gasteiger partial charge in [0.1, 0.15) is 0 Å². The Hall–Kier alpha value is -1.52. The number of methoxy groups -OCH3 is 2. The Kier molecular flexibility index (Phi) is 5.44. The van der Waals surface area contributed by atoms with Crippen LogP contribution in [0.15, 0.2) is 30.9 Å². The number of nitrogens with one attached hydrogen (secondary N) is 1. The van der Waals surface area contributed by atoms with Crippen molar-refractivity contribution in [3.63, 3.8) is 0 Å². The normalized spacial score (nSPS) is 17.5. The highest BCUT2D eigenvalue weighted by atomic mass is 16.5. The van der Waals surface area contributed by atoms with E-state index in [1.165, 1.54) is 5.56 Å². The maximum atomic E-state index is 5.58. The van der Waals surface area contributed by atoms with Crippen LogP contribution in [0.3, 0.4) is 0 Å². The number of para-hydroxylation sites is 1. The van der Waals surface area contributed by atoms with Crippen molar-refractivity contribution >= 4 is 0 Å². The van der Waals surface area contributed by atoms with Crippen molar-refractivity contribution in [2.75, 3.05) is 40.4 Å². The second-order valence-corrected chi connectivity index (χ2v) is 4.91. The fraction of sp³-hybridized carbons (Fsp3) is 0.500. The molecule has 1 aromatic carbocycles. The molecule has 1 atom stereocenters. The zero-order valence-corrected chi connectivity index (χ0v) is 12.4. The van der Waals surface area contributed by atoms with Gasteiger partial charge >= 0.3 is 0 Å². The van der Waals surface area contributed by atoms with E-state index < -0.39 is 0 Å². The molecule has 0 aromatic heterocycles. The van der Waals surface area contributed by atoms with Gasteiger partial charge in [-0.1, -0.05) is 18.2 Å². The summed E-state index contributed by atoms with van der Waals surface area (Å²) < 4.78 is 11.0. The van der Waals surface area contributed by atoms with Gasteiger partial charge in [-0.05, 0) is 12.5 Å². The highest BCUT2D eigenvalue weighted by Crippen LogP contribution is 2.38. The summed E-state index contributed by atoms with van der Waals surface area (Å²) in [6.07, 6.45) is 2.88. The Labute approximate surface area is 121 Å². The molecule has 1 aromatic rings. The van der Waals surface area contributed by atoms with Crippen LogP contribution in [0.4, 0.5) is 0 Å². The van der Waals surface area contributed by atoms with E-state index in [0.29, 0.717) is 6.04 Å². The summed E-state index contributed by atoms with van der Waals surface area (Å²) in [6.45, 7) is 8.04. The quantitative estimate of drug-likeness (QED) is 0.808. The third kappa shape index (κ3) is 3.14. The van der Waals surface area contributed by atoms with Gasteiger partial charge in [0.15, 0.2) is 11.5 Å². The average molecular weight is 276 g/mol. The molecule has 0 bridgehead atoms. The van der Waals surface area contributed by atoms with Gasteiger partial charge in [0, 0.05) is 37.8 Å². The van der Waals surface area contributed by atoms with Gasteiger partial charge in [0.2, 0.25) is 0 Å². The minimum atomic E-state index is 0.291. The van der Waals surface area contributed by atoms with Crippen LogP contribution in [-0.2, 0) is 0 Å². The molecule has 0 spiro atoms. The number of piperazine rings is 1. The molecule has 0 aliphatic carbocycles. The Bertz CT molecular complexity index is 442. The van der Waals surface area contributed by atoms with Gasteiger partial charge in [-0.3, -0.25) is 4.90 Å². The monoisotopic (exact) mass is 276 g/mol. The zero-order chi connectivity index (χ0) is 14.4. The van der Waals surface area contributed by atoms with E-state index in [2.05, 4.69) is 22.9 Å². The molecule has 4 nitrogen and oxygen atoms in total. The van der Waals surface area contributed by atoms with E-state index in [1.54, 1.807) is 14.2 Å². The maximum Gasteiger partial charge on any atom is 0.165 e. The lowest BCUT2D eigenvalue weighted by atomic mass is 9.99. The van der Waals surface area contributed by atoms with Crippen LogP contribution in [0.5, 0.6) is 11.5 Å². The largest absolute Gasteiger partial charge is 0.493 e. The molecule has 20 heavy (non-hydrogen) atoms. The predicted octanol–water partition coefficient (Wildman–Crippen LogP) is 2.23. The number of hydrogen-bond acceptors (Lipinski definition) is 4. The van der Waals surface area contributed by atoms with Crippen molar-refractivity contribution in [3.8, 4) is 11.5 Å². The third-order valence-corrected chi connectivity index (χ3v) is 3.77. The fourth-order valence-corrected chi connectivity index (χ4v) is 2.80. The molecule has 0 amide bonds. The fourth-order valence-electron chi connectivity index (χ4n) is 2.80. The first-order chi connectivity index (χ1) is 9.81. The molecule has 110 valence electrons. The van der Waals surface area contributed by atoms with E-state index in [9.17, 15) is 0 Å². The van der Waals surface area contributed by atoms with E-state index in [-0.39, 0.29) is 0 Å². The Morgan fingerprint density at radius 2 is 2.05 bits per heavy atom. The van der Waals surface area contributed by atoms with Gasteiger partial charge in [0.25, 0.3) is 0 Å². The second-order valence-electron chi connectivity index (χ2n) is 4.91. The summed E-state index contributed by atoms with van der Waals surface area (Å²) in [5.74, 6) is 1.62. The highest BCUT2D eigenvalue weighted by Gasteiger charge is 2.25. The molecule has 1 saturated heterocycles. The summed E-state index contributed by atoms with van der Waals surface area (Å²) in [4.78, 5) is 2.48. The lowest BCUT2D eigenvalue weighted by molar-refractivity contribution is 0.171. The first kappa shape index (κ1) is 14.9. The van der Waals surface area contributed by atoms with E-state index >= 15 is 0 Å². The van der Waals surface area contributed by atoms with Gasteiger partial charge in [0.05, 0.1) is 14.2 Å². The number of hydrogen-bond donors (Lipinski definition) is 1. The number of benzene rings is 1. The molecule has 4 heteroatoms. The number of ether oxygens (including phenoxy) is 2. The summed E-state index contributed by atoms with van der Waals surface area (Å²) in [6, 6.07) is 6.37. The topological polar surface area (TPSA) is 33.7 Å². The van der Waals surface area contributed by atoms with Crippen molar-refractivity contribution < 1.29 is 9.47 Å². The van der Waals surface area contributed by atoms with Crippen LogP contribution in [0.25, 0.3) is 0 Å².